The van der Waals surface area contributed by atoms with Crippen LogP contribution in [0.3, 0.4) is 0 Å². The zero-order valence-corrected chi connectivity index (χ0v) is 15.4. The average Bonchev–Trinajstić information content (AvgIpc) is 2.74. The van der Waals surface area contributed by atoms with Crippen LogP contribution in [0.15, 0.2) is 67.0 Å². The van der Waals surface area contributed by atoms with Crippen LogP contribution in [0.25, 0.3) is 0 Å². The second kappa shape index (κ2) is 9.27. The molecular weight excluding hydrogens is 356 g/mol. The number of nitrogens with one attached hydrogen (secondary N) is 2. The molecule has 1 heterocycles. The van der Waals surface area contributed by atoms with E-state index in [1.807, 2.05) is 18.2 Å². The number of anilines is 2. The van der Waals surface area contributed by atoms with Crippen molar-refractivity contribution in [2.45, 2.75) is 6.42 Å². The zero-order valence-electron chi connectivity index (χ0n) is 15.4. The number of nitrogens with zero attached hydrogens (tertiary/aromatic N) is 2. The summed E-state index contributed by atoms with van der Waals surface area (Å²) < 4.78 is 4.65. The number of methoxy groups -OCH3 is 1. The van der Waals surface area contributed by atoms with Crippen LogP contribution in [0.4, 0.5) is 11.5 Å². The molecule has 28 heavy (non-hydrogen) atoms. The number of hydrogen-bond donors (Lipinski definition) is 2. The maximum Gasteiger partial charge on any atom is 0.337 e. The number of benzene rings is 2. The molecule has 0 aliphatic heterocycles. The highest BCUT2D eigenvalue weighted by Gasteiger charge is 2.10. The predicted molar refractivity (Wildman–Crippen MR) is 106 cm³/mol. The van der Waals surface area contributed by atoms with Crippen LogP contribution in [0, 0.1) is 0 Å². The molecule has 0 radical (unpaired) electrons. The molecular formula is C21H20N4O3. The van der Waals surface area contributed by atoms with Crippen molar-refractivity contribution in [2.75, 3.05) is 24.3 Å². The molecule has 0 aliphatic carbocycles. The highest BCUT2D eigenvalue weighted by molar-refractivity contribution is 6.03. The third-order valence-electron chi connectivity index (χ3n) is 4.03. The van der Waals surface area contributed by atoms with E-state index >= 15 is 0 Å². The molecule has 3 rings (SSSR count). The van der Waals surface area contributed by atoms with Gasteiger partial charge in [0.15, 0.2) is 0 Å². The van der Waals surface area contributed by atoms with Gasteiger partial charge >= 0.3 is 5.97 Å². The summed E-state index contributed by atoms with van der Waals surface area (Å²) in [5.74, 6) is -0.212. The van der Waals surface area contributed by atoms with Crippen molar-refractivity contribution in [3.05, 3.63) is 83.8 Å². The SMILES string of the molecule is COC(=O)c1ccc(NC(=O)c2cc(NCCc3ccccc3)ncn2)cc1. The van der Waals surface area contributed by atoms with Crippen LogP contribution in [-0.4, -0.2) is 35.5 Å². The fourth-order valence-corrected chi connectivity index (χ4v) is 2.56. The highest BCUT2D eigenvalue weighted by atomic mass is 16.5. The van der Waals surface area contributed by atoms with Crippen LogP contribution in [-0.2, 0) is 11.2 Å². The molecule has 0 saturated carbocycles. The Labute approximate surface area is 162 Å². The number of rotatable bonds is 7. The van der Waals surface area contributed by atoms with Gasteiger partial charge in [-0.3, -0.25) is 4.79 Å². The second-order valence-corrected chi connectivity index (χ2v) is 5.97. The Kier molecular flexibility index (Phi) is 6.30. The van der Waals surface area contributed by atoms with E-state index in [1.165, 1.54) is 19.0 Å². The van der Waals surface area contributed by atoms with Gasteiger partial charge in [0, 0.05) is 18.3 Å². The van der Waals surface area contributed by atoms with E-state index in [2.05, 4.69) is 37.5 Å². The van der Waals surface area contributed by atoms with Gasteiger partial charge in [-0.2, -0.15) is 0 Å². The van der Waals surface area contributed by atoms with E-state index < -0.39 is 5.97 Å². The summed E-state index contributed by atoms with van der Waals surface area (Å²) in [6.45, 7) is 0.692. The monoisotopic (exact) mass is 376 g/mol. The molecule has 0 atom stereocenters. The standard InChI is InChI=1S/C21H20N4O3/c1-28-21(27)16-7-9-17(10-8-16)25-20(26)18-13-19(24-14-23-18)22-12-11-15-5-3-2-4-6-15/h2-10,13-14H,11-12H2,1H3,(H,25,26)(H,22,23,24). The lowest BCUT2D eigenvalue weighted by atomic mass is 10.1. The van der Waals surface area contributed by atoms with Gasteiger partial charge in [0.25, 0.3) is 5.91 Å². The number of carbonyl (C=O) groups excluding carboxylic acids is 2. The molecule has 0 spiro atoms. The minimum absolute atomic E-state index is 0.245. The summed E-state index contributed by atoms with van der Waals surface area (Å²) in [7, 11) is 1.32. The smallest absolute Gasteiger partial charge is 0.337 e. The summed E-state index contributed by atoms with van der Waals surface area (Å²) in [5.41, 5.74) is 2.42. The maximum absolute atomic E-state index is 12.4. The quantitative estimate of drug-likeness (QED) is 0.615. The zero-order chi connectivity index (χ0) is 19.8. The van der Waals surface area contributed by atoms with E-state index in [9.17, 15) is 9.59 Å². The fourth-order valence-electron chi connectivity index (χ4n) is 2.56. The molecule has 1 aromatic heterocycles. The van der Waals surface area contributed by atoms with Crippen molar-refractivity contribution in [1.82, 2.24) is 9.97 Å². The summed E-state index contributed by atoms with van der Waals surface area (Å²) in [5, 5.41) is 5.94. The predicted octanol–water partition coefficient (Wildman–Crippen LogP) is 3.17. The number of ether oxygens (including phenoxy) is 1. The van der Waals surface area contributed by atoms with Gasteiger partial charge in [-0.1, -0.05) is 30.3 Å². The molecule has 0 aliphatic rings. The fraction of sp³-hybridized carbons (Fsp3) is 0.143. The largest absolute Gasteiger partial charge is 0.465 e. The van der Waals surface area contributed by atoms with Crippen molar-refractivity contribution >= 4 is 23.4 Å². The molecule has 7 heteroatoms. The van der Waals surface area contributed by atoms with E-state index in [0.717, 1.165) is 6.42 Å². The van der Waals surface area contributed by atoms with Gasteiger partial charge in [-0.05, 0) is 36.2 Å². The van der Waals surface area contributed by atoms with Gasteiger partial charge in [0.05, 0.1) is 12.7 Å². The van der Waals surface area contributed by atoms with E-state index in [-0.39, 0.29) is 11.6 Å². The Morgan fingerprint density at radius 3 is 2.46 bits per heavy atom. The van der Waals surface area contributed by atoms with Crippen molar-refractivity contribution in [1.29, 1.82) is 0 Å². The molecule has 1 amide bonds. The molecule has 3 aromatic rings. The Morgan fingerprint density at radius 2 is 1.75 bits per heavy atom. The summed E-state index contributed by atoms with van der Waals surface area (Å²) >= 11 is 0. The second-order valence-electron chi connectivity index (χ2n) is 5.97. The van der Waals surface area contributed by atoms with E-state index in [4.69, 9.17) is 0 Å². The third kappa shape index (κ3) is 5.14. The number of carbonyl (C=O) groups is 2. The van der Waals surface area contributed by atoms with Crippen LogP contribution in [0.1, 0.15) is 26.4 Å². The summed E-state index contributed by atoms with van der Waals surface area (Å²) in [6.07, 6.45) is 2.19. The van der Waals surface area contributed by atoms with Crippen LogP contribution in [0.5, 0.6) is 0 Å². The first-order chi connectivity index (χ1) is 13.7. The molecule has 2 aromatic carbocycles. The lowest BCUT2D eigenvalue weighted by Gasteiger charge is -2.08. The summed E-state index contributed by atoms with van der Waals surface area (Å²) in [6, 6.07) is 18.1. The average molecular weight is 376 g/mol. The normalized spacial score (nSPS) is 10.2. The lowest BCUT2D eigenvalue weighted by Crippen LogP contribution is -2.15. The molecule has 142 valence electrons. The number of amides is 1. The Hall–Kier alpha value is -3.74. The van der Waals surface area contributed by atoms with Crippen molar-refractivity contribution in [3.8, 4) is 0 Å². The van der Waals surface area contributed by atoms with Gasteiger partial charge in [0.1, 0.15) is 17.8 Å². The molecule has 0 unspecified atom stereocenters. The van der Waals surface area contributed by atoms with E-state index in [0.29, 0.717) is 23.6 Å². The van der Waals surface area contributed by atoms with E-state index in [1.54, 1.807) is 30.3 Å². The summed E-state index contributed by atoms with van der Waals surface area (Å²) in [4.78, 5) is 32.0. The topological polar surface area (TPSA) is 93.2 Å². The first-order valence-corrected chi connectivity index (χ1v) is 8.75. The van der Waals surface area contributed by atoms with Gasteiger partial charge < -0.3 is 15.4 Å². The Morgan fingerprint density at radius 1 is 1.00 bits per heavy atom. The minimum Gasteiger partial charge on any atom is -0.465 e. The first kappa shape index (κ1) is 19.0. The van der Waals surface area contributed by atoms with Gasteiger partial charge in [0.2, 0.25) is 0 Å². The van der Waals surface area contributed by atoms with Crippen molar-refractivity contribution in [2.24, 2.45) is 0 Å². The molecule has 0 saturated heterocycles. The van der Waals surface area contributed by atoms with Gasteiger partial charge in [-0.15, -0.1) is 0 Å². The Balaban J connectivity index is 1.58. The Bertz CT molecular complexity index is 943. The molecule has 0 bridgehead atoms. The lowest BCUT2D eigenvalue weighted by molar-refractivity contribution is 0.0600. The highest BCUT2D eigenvalue weighted by Crippen LogP contribution is 2.12. The van der Waals surface area contributed by atoms with Crippen LogP contribution in [0.2, 0.25) is 0 Å². The molecule has 0 fully saturated rings. The van der Waals surface area contributed by atoms with Crippen molar-refractivity contribution in [3.63, 3.8) is 0 Å². The number of aromatic nitrogens is 2. The van der Waals surface area contributed by atoms with Crippen molar-refractivity contribution < 1.29 is 14.3 Å². The number of hydrogen-bond acceptors (Lipinski definition) is 6. The van der Waals surface area contributed by atoms with Gasteiger partial charge in [-0.25, -0.2) is 14.8 Å². The maximum atomic E-state index is 12.4. The van der Waals surface area contributed by atoms with Crippen LogP contribution < -0.4 is 10.6 Å². The molecule has 7 nitrogen and oxygen atoms in total. The third-order valence-corrected chi connectivity index (χ3v) is 4.03. The van der Waals surface area contributed by atoms with Crippen LogP contribution >= 0.6 is 0 Å². The number of esters is 1. The molecule has 2 N–H and O–H groups in total. The minimum atomic E-state index is -0.431. The first-order valence-electron chi connectivity index (χ1n) is 8.75.